The summed E-state index contributed by atoms with van der Waals surface area (Å²) in [6, 6.07) is 5.47. The molecule has 1 aromatic rings. The van der Waals surface area contributed by atoms with E-state index in [1.807, 2.05) is 0 Å². The Bertz CT molecular complexity index is 273. The van der Waals surface area contributed by atoms with Crippen molar-refractivity contribution in [2.24, 2.45) is 0 Å². The smallest absolute Gasteiger partial charge is 0.504 e. The number of nitro benzene ring substituents is 1. The molecule has 1 rings (SSSR count). The quantitative estimate of drug-likeness (QED) is 0.397. The number of nitrogens with zero attached hydrogens (tertiary/aromatic N) is 1. The molecule has 0 atom stereocenters. The van der Waals surface area contributed by atoms with E-state index in [1.54, 1.807) is 0 Å². The molecule has 0 aliphatic carbocycles. The second-order valence-electron chi connectivity index (χ2n) is 2.02. The zero-order chi connectivity index (χ0) is 8.97. The summed E-state index contributed by atoms with van der Waals surface area (Å²) in [7, 11) is -0.433. The predicted octanol–water partition coefficient (Wildman–Crippen LogP) is 0.232. The summed E-state index contributed by atoms with van der Waals surface area (Å²) in [5.41, 5.74) is 0.000268. The molecule has 62 valence electrons. The van der Waals surface area contributed by atoms with E-state index in [1.165, 1.54) is 24.3 Å². The first-order valence-electron chi connectivity index (χ1n) is 3.22. The lowest BCUT2D eigenvalue weighted by Gasteiger charge is -1.99. The van der Waals surface area contributed by atoms with Gasteiger partial charge in [-0.15, -0.1) is 0 Å². The lowest BCUT2D eigenvalue weighted by atomic mass is 10.3. The van der Waals surface area contributed by atoms with Crippen molar-refractivity contribution in [3.8, 4) is 5.75 Å². The topological polar surface area (TPSA) is 72.6 Å². The lowest BCUT2D eigenvalue weighted by molar-refractivity contribution is -0.384. The average molecular weight is 167 g/mol. The number of benzene rings is 1. The monoisotopic (exact) mass is 167 g/mol. The molecule has 0 bridgehead atoms. The molecule has 0 saturated carbocycles. The fraction of sp³-hybridized carbons (Fsp3) is 0. The van der Waals surface area contributed by atoms with Gasteiger partial charge in [-0.3, -0.25) is 10.1 Å². The summed E-state index contributed by atoms with van der Waals surface area (Å²) in [6.45, 7) is 0. The first kappa shape index (κ1) is 8.54. The number of non-ortho nitro benzene ring substituents is 1. The van der Waals surface area contributed by atoms with Gasteiger partial charge in [0.1, 0.15) is 5.75 Å². The van der Waals surface area contributed by atoms with E-state index in [4.69, 9.17) is 5.02 Å². The van der Waals surface area contributed by atoms with Crippen LogP contribution in [-0.2, 0) is 0 Å². The van der Waals surface area contributed by atoms with Gasteiger partial charge in [-0.05, 0) is 12.1 Å². The Hall–Kier alpha value is -1.56. The van der Waals surface area contributed by atoms with Crippen molar-refractivity contribution < 1.29 is 14.6 Å². The molecule has 0 amide bonds. The van der Waals surface area contributed by atoms with Gasteiger partial charge in [0.25, 0.3) is 5.69 Å². The minimum absolute atomic E-state index is 0.000268. The van der Waals surface area contributed by atoms with Crippen LogP contribution in [0.2, 0.25) is 0 Å². The first-order valence-corrected chi connectivity index (χ1v) is 3.22. The van der Waals surface area contributed by atoms with Crippen molar-refractivity contribution in [1.29, 1.82) is 0 Å². The normalized spacial score (nSPS) is 9.08. The zero-order valence-corrected chi connectivity index (χ0v) is 6.14. The standard InChI is InChI=1S/C6H6BNO4/c9-7-12-6-3-1-5(2-4-6)8(10)11/h1-4,7,9H. The SMILES string of the molecule is O=[N+]([O-])c1ccc(OBO)cc1. The van der Waals surface area contributed by atoms with Crippen LogP contribution < -0.4 is 4.65 Å². The van der Waals surface area contributed by atoms with Gasteiger partial charge in [0.05, 0.1) is 4.92 Å². The number of nitro groups is 1. The van der Waals surface area contributed by atoms with Crippen molar-refractivity contribution in [2.45, 2.75) is 0 Å². The number of hydrogen-bond donors (Lipinski definition) is 1. The van der Waals surface area contributed by atoms with E-state index in [0.717, 1.165) is 0 Å². The maximum atomic E-state index is 10.2. The van der Waals surface area contributed by atoms with Crippen molar-refractivity contribution in [3.05, 3.63) is 34.4 Å². The molecule has 1 aromatic carbocycles. The van der Waals surface area contributed by atoms with Crippen molar-refractivity contribution in [3.63, 3.8) is 0 Å². The van der Waals surface area contributed by atoms with Gasteiger partial charge in [0, 0.05) is 12.1 Å². The largest absolute Gasteiger partial charge is 0.539 e. The third-order valence-corrected chi connectivity index (χ3v) is 1.28. The van der Waals surface area contributed by atoms with Crippen LogP contribution in [-0.4, -0.2) is 17.6 Å². The van der Waals surface area contributed by atoms with Gasteiger partial charge in [-0.1, -0.05) is 0 Å². The highest BCUT2D eigenvalue weighted by Gasteiger charge is 2.03. The second kappa shape index (κ2) is 3.73. The second-order valence-corrected chi connectivity index (χ2v) is 2.02. The highest BCUT2D eigenvalue weighted by molar-refractivity contribution is 6.17. The molecule has 6 heteroatoms. The van der Waals surface area contributed by atoms with Crippen LogP contribution in [0, 0.1) is 10.1 Å². The molecule has 0 spiro atoms. The fourth-order valence-electron chi connectivity index (χ4n) is 0.739. The third kappa shape index (κ3) is 1.96. The van der Waals surface area contributed by atoms with E-state index in [2.05, 4.69) is 4.65 Å². The summed E-state index contributed by atoms with van der Waals surface area (Å²) >= 11 is 0. The van der Waals surface area contributed by atoms with Crippen LogP contribution in [0.5, 0.6) is 5.75 Å². The highest BCUT2D eigenvalue weighted by atomic mass is 16.6. The maximum absolute atomic E-state index is 10.2. The Morgan fingerprint density at radius 1 is 1.42 bits per heavy atom. The van der Waals surface area contributed by atoms with Gasteiger partial charge >= 0.3 is 7.69 Å². The molecule has 12 heavy (non-hydrogen) atoms. The van der Waals surface area contributed by atoms with Crippen LogP contribution in [0.25, 0.3) is 0 Å². The molecule has 0 aromatic heterocycles. The molecule has 5 nitrogen and oxygen atoms in total. The number of hydrogen-bond acceptors (Lipinski definition) is 4. The summed E-state index contributed by atoms with van der Waals surface area (Å²) in [6.07, 6.45) is 0. The van der Waals surface area contributed by atoms with Crippen molar-refractivity contribution >= 4 is 13.4 Å². The zero-order valence-electron chi connectivity index (χ0n) is 6.14. The Morgan fingerprint density at radius 2 is 2.00 bits per heavy atom. The Balaban J connectivity index is 2.78. The highest BCUT2D eigenvalue weighted by Crippen LogP contribution is 2.16. The van der Waals surface area contributed by atoms with Crippen LogP contribution in [0.3, 0.4) is 0 Å². The molecule has 0 fully saturated rings. The molecule has 1 N–H and O–H groups in total. The summed E-state index contributed by atoms with van der Waals surface area (Å²) < 4.78 is 4.67. The first-order chi connectivity index (χ1) is 5.74. The van der Waals surface area contributed by atoms with E-state index < -0.39 is 12.6 Å². The lowest BCUT2D eigenvalue weighted by Crippen LogP contribution is -1.99. The van der Waals surface area contributed by atoms with Gasteiger partial charge in [0.2, 0.25) is 0 Å². The Labute approximate surface area is 69.0 Å². The van der Waals surface area contributed by atoms with E-state index in [0.29, 0.717) is 5.75 Å². The Kier molecular flexibility index (Phi) is 2.65. The molecular weight excluding hydrogens is 161 g/mol. The van der Waals surface area contributed by atoms with Gasteiger partial charge in [0.15, 0.2) is 0 Å². The summed E-state index contributed by atoms with van der Waals surface area (Å²) in [4.78, 5) is 9.69. The summed E-state index contributed by atoms with van der Waals surface area (Å²) in [5.74, 6) is 0.406. The van der Waals surface area contributed by atoms with E-state index in [9.17, 15) is 10.1 Å². The average Bonchev–Trinajstić information content (AvgIpc) is 2.06. The summed E-state index contributed by atoms with van der Waals surface area (Å²) in [5, 5.41) is 18.5. The van der Waals surface area contributed by atoms with Crippen molar-refractivity contribution in [2.75, 3.05) is 0 Å². The van der Waals surface area contributed by atoms with Crippen LogP contribution >= 0.6 is 0 Å². The van der Waals surface area contributed by atoms with Gasteiger partial charge < -0.3 is 9.68 Å². The van der Waals surface area contributed by atoms with Crippen LogP contribution in [0.15, 0.2) is 24.3 Å². The van der Waals surface area contributed by atoms with Crippen molar-refractivity contribution in [1.82, 2.24) is 0 Å². The van der Waals surface area contributed by atoms with Gasteiger partial charge in [-0.25, -0.2) is 0 Å². The maximum Gasteiger partial charge on any atom is 0.504 e. The predicted molar refractivity (Wildman–Crippen MR) is 43.1 cm³/mol. The van der Waals surface area contributed by atoms with Crippen LogP contribution in [0.1, 0.15) is 0 Å². The van der Waals surface area contributed by atoms with E-state index >= 15 is 0 Å². The van der Waals surface area contributed by atoms with Gasteiger partial charge in [-0.2, -0.15) is 0 Å². The number of rotatable bonds is 3. The van der Waals surface area contributed by atoms with E-state index in [-0.39, 0.29) is 5.69 Å². The van der Waals surface area contributed by atoms with Crippen LogP contribution in [0.4, 0.5) is 5.69 Å². The molecule has 0 radical (unpaired) electrons. The Morgan fingerprint density at radius 3 is 2.42 bits per heavy atom. The molecule has 0 saturated heterocycles. The minimum atomic E-state index is -0.497. The molecule has 0 aliphatic rings. The third-order valence-electron chi connectivity index (χ3n) is 1.28. The molecular formula is C6H6BNO4. The molecule has 0 heterocycles. The minimum Gasteiger partial charge on any atom is -0.539 e. The molecule has 0 aliphatic heterocycles. The molecule has 0 unspecified atom stereocenters. The fourth-order valence-corrected chi connectivity index (χ4v) is 0.739.